The van der Waals surface area contributed by atoms with E-state index >= 15 is 0 Å². The van der Waals surface area contributed by atoms with Gasteiger partial charge in [-0.1, -0.05) is 15.9 Å². The minimum Gasteiger partial charge on any atom is -0.381 e. The predicted octanol–water partition coefficient (Wildman–Crippen LogP) is 4.01. The molecule has 1 aliphatic rings. The van der Waals surface area contributed by atoms with Crippen molar-refractivity contribution in [1.29, 1.82) is 0 Å². The van der Waals surface area contributed by atoms with Crippen LogP contribution < -0.4 is 0 Å². The molecule has 0 N–H and O–H groups in total. The SMILES string of the molecule is CC(=O)c1cnn(C2CCOCC2)c1-c1ccc(Br)cc1F. The van der Waals surface area contributed by atoms with Gasteiger partial charge in [-0.15, -0.1) is 0 Å². The van der Waals surface area contributed by atoms with E-state index in [1.54, 1.807) is 16.8 Å². The van der Waals surface area contributed by atoms with Crippen molar-refractivity contribution in [3.8, 4) is 11.3 Å². The highest BCUT2D eigenvalue weighted by molar-refractivity contribution is 9.10. The number of carbonyl (C=O) groups is 1. The number of ether oxygens (including phenoxy) is 1. The molecule has 2 aromatic rings. The van der Waals surface area contributed by atoms with Gasteiger partial charge in [-0.25, -0.2) is 4.39 Å². The molecule has 0 bridgehead atoms. The van der Waals surface area contributed by atoms with Crippen LogP contribution in [-0.4, -0.2) is 28.8 Å². The topological polar surface area (TPSA) is 44.1 Å². The van der Waals surface area contributed by atoms with Crippen molar-refractivity contribution in [3.63, 3.8) is 0 Å². The maximum Gasteiger partial charge on any atom is 0.163 e. The Morgan fingerprint density at radius 2 is 2.14 bits per heavy atom. The second-order valence-corrected chi connectivity index (χ2v) is 6.29. The molecule has 1 aromatic carbocycles. The zero-order chi connectivity index (χ0) is 15.7. The van der Waals surface area contributed by atoms with Crippen molar-refractivity contribution in [2.45, 2.75) is 25.8 Å². The van der Waals surface area contributed by atoms with Gasteiger partial charge in [0.1, 0.15) is 5.82 Å². The number of hydrogen-bond acceptors (Lipinski definition) is 3. The molecule has 0 spiro atoms. The highest BCUT2D eigenvalue weighted by Gasteiger charge is 2.25. The second-order valence-electron chi connectivity index (χ2n) is 5.38. The smallest absolute Gasteiger partial charge is 0.163 e. The van der Waals surface area contributed by atoms with Crippen LogP contribution in [0.15, 0.2) is 28.9 Å². The Morgan fingerprint density at radius 1 is 1.41 bits per heavy atom. The largest absolute Gasteiger partial charge is 0.381 e. The van der Waals surface area contributed by atoms with Crippen LogP contribution in [0.25, 0.3) is 11.3 Å². The van der Waals surface area contributed by atoms with Gasteiger partial charge in [0.25, 0.3) is 0 Å². The molecule has 1 fully saturated rings. The molecule has 0 saturated carbocycles. The second kappa shape index (κ2) is 6.30. The molecular weight excluding hydrogens is 351 g/mol. The minimum atomic E-state index is -0.370. The first-order valence-corrected chi connectivity index (χ1v) is 7.99. The maximum atomic E-state index is 14.4. The number of nitrogens with zero attached hydrogens (tertiary/aromatic N) is 2. The molecule has 0 aliphatic carbocycles. The first-order valence-electron chi connectivity index (χ1n) is 7.19. The average Bonchev–Trinajstić information content (AvgIpc) is 2.93. The Morgan fingerprint density at radius 3 is 2.77 bits per heavy atom. The van der Waals surface area contributed by atoms with Crippen LogP contribution in [0, 0.1) is 5.82 Å². The number of aromatic nitrogens is 2. The molecule has 0 radical (unpaired) electrons. The van der Waals surface area contributed by atoms with Crippen LogP contribution in [-0.2, 0) is 4.74 Å². The molecular formula is C16H16BrFN2O2. The van der Waals surface area contributed by atoms with E-state index in [4.69, 9.17) is 4.74 Å². The van der Waals surface area contributed by atoms with Gasteiger partial charge in [0, 0.05) is 23.2 Å². The number of benzene rings is 1. The highest BCUT2D eigenvalue weighted by atomic mass is 79.9. The lowest BCUT2D eigenvalue weighted by Gasteiger charge is -2.24. The van der Waals surface area contributed by atoms with Crippen molar-refractivity contribution in [3.05, 3.63) is 40.2 Å². The minimum absolute atomic E-state index is 0.115. The van der Waals surface area contributed by atoms with Crippen LogP contribution in [0.5, 0.6) is 0 Å². The Kier molecular flexibility index (Phi) is 4.40. The summed E-state index contributed by atoms with van der Waals surface area (Å²) < 4.78 is 22.2. The maximum absolute atomic E-state index is 14.4. The Hall–Kier alpha value is -1.53. The van der Waals surface area contributed by atoms with E-state index in [0.29, 0.717) is 34.5 Å². The van der Waals surface area contributed by atoms with E-state index in [0.717, 1.165) is 12.8 Å². The summed E-state index contributed by atoms with van der Waals surface area (Å²) in [6.45, 7) is 2.79. The van der Waals surface area contributed by atoms with Gasteiger partial charge in [0.2, 0.25) is 0 Å². The molecule has 0 amide bonds. The molecule has 1 saturated heterocycles. The third-order valence-corrected chi connectivity index (χ3v) is 4.39. The van der Waals surface area contributed by atoms with Gasteiger partial charge in [-0.2, -0.15) is 5.10 Å². The van der Waals surface area contributed by atoms with Crippen LogP contribution >= 0.6 is 15.9 Å². The molecule has 1 aliphatic heterocycles. The standard InChI is InChI=1S/C16H16BrFN2O2/c1-10(21)14-9-19-20(12-4-6-22-7-5-12)16(14)13-3-2-11(17)8-15(13)18/h2-3,8-9,12H,4-7H2,1H3. The fourth-order valence-corrected chi connectivity index (χ4v) is 3.11. The lowest BCUT2D eigenvalue weighted by Crippen LogP contribution is -2.21. The average molecular weight is 367 g/mol. The van der Waals surface area contributed by atoms with Crippen LogP contribution in [0.1, 0.15) is 36.2 Å². The number of hydrogen-bond donors (Lipinski definition) is 0. The van der Waals surface area contributed by atoms with Crippen LogP contribution in [0.3, 0.4) is 0 Å². The number of rotatable bonds is 3. The van der Waals surface area contributed by atoms with E-state index < -0.39 is 0 Å². The van der Waals surface area contributed by atoms with Gasteiger partial charge < -0.3 is 4.74 Å². The van der Waals surface area contributed by atoms with Crippen molar-refractivity contribution < 1.29 is 13.9 Å². The van der Waals surface area contributed by atoms with E-state index in [1.807, 2.05) is 0 Å². The Bertz CT molecular complexity index is 708. The molecule has 4 nitrogen and oxygen atoms in total. The zero-order valence-electron chi connectivity index (χ0n) is 12.2. The molecule has 22 heavy (non-hydrogen) atoms. The summed E-state index contributed by atoms with van der Waals surface area (Å²) >= 11 is 3.26. The predicted molar refractivity (Wildman–Crippen MR) is 84.4 cm³/mol. The van der Waals surface area contributed by atoms with Crippen molar-refractivity contribution in [2.24, 2.45) is 0 Å². The van der Waals surface area contributed by atoms with Gasteiger partial charge in [-0.05, 0) is 38.0 Å². The molecule has 1 aromatic heterocycles. The molecule has 0 atom stereocenters. The van der Waals surface area contributed by atoms with Crippen molar-refractivity contribution in [2.75, 3.05) is 13.2 Å². The molecule has 6 heteroatoms. The lowest BCUT2D eigenvalue weighted by atomic mass is 10.0. The van der Waals surface area contributed by atoms with Crippen molar-refractivity contribution in [1.82, 2.24) is 9.78 Å². The van der Waals surface area contributed by atoms with Crippen LogP contribution in [0.4, 0.5) is 4.39 Å². The zero-order valence-corrected chi connectivity index (χ0v) is 13.8. The Balaban J connectivity index is 2.14. The third kappa shape index (κ3) is 2.85. The summed E-state index contributed by atoms with van der Waals surface area (Å²) in [5, 5.41) is 4.36. The Labute approximate surface area is 136 Å². The molecule has 2 heterocycles. The quantitative estimate of drug-likeness (QED) is 0.771. The first kappa shape index (κ1) is 15.4. The summed E-state index contributed by atoms with van der Waals surface area (Å²) in [6.07, 6.45) is 3.16. The van der Waals surface area contributed by atoms with Gasteiger partial charge in [0.15, 0.2) is 5.78 Å². The van der Waals surface area contributed by atoms with Gasteiger partial charge in [0.05, 0.1) is 23.5 Å². The molecule has 0 unspecified atom stereocenters. The summed E-state index contributed by atoms with van der Waals surface area (Å²) in [4.78, 5) is 11.9. The number of Topliss-reactive ketones (excluding diaryl/α,β-unsaturated/α-hetero) is 1. The first-order chi connectivity index (χ1) is 10.6. The number of carbonyl (C=O) groups excluding carboxylic acids is 1. The van der Waals surface area contributed by atoms with Crippen molar-refractivity contribution >= 4 is 21.7 Å². The monoisotopic (exact) mass is 366 g/mol. The lowest BCUT2D eigenvalue weighted by molar-refractivity contribution is 0.0667. The van der Waals surface area contributed by atoms with Gasteiger partial charge in [-0.3, -0.25) is 9.48 Å². The number of halogens is 2. The highest BCUT2D eigenvalue weighted by Crippen LogP contribution is 2.33. The third-order valence-electron chi connectivity index (χ3n) is 3.90. The number of ketones is 1. The van der Waals surface area contributed by atoms with Crippen LogP contribution in [0.2, 0.25) is 0 Å². The van der Waals surface area contributed by atoms with E-state index in [-0.39, 0.29) is 17.6 Å². The summed E-state index contributed by atoms with van der Waals surface area (Å²) in [5.41, 5.74) is 1.41. The summed E-state index contributed by atoms with van der Waals surface area (Å²) in [6, 6.07) is 4.98. The molecule has 116 valence electrons. The van der Waals surface area contributed by atoms with E-state index in [2.05, 4.69) is 21.0 Å². The fourth-order valence-electron chi connectivity index (χ4n) is 2.78. The summed E-state index contributed by atoms with van der Waals surface area (Å²) in [5.74, 6) is -0.485. The summed E-state index contributed by atoms with van der Waals surface area (Å²) in [7, 11) is 0. The normalized spacial score (nSPS) is 16.0. The van der Waals surface area contributed by atoms with E-state index in [1.165, 1.54) is 19.2 Å². The van der Waals surface area contributed by atoms with Gasteiger partial charge >= 0.3 is 0 Å². The van der Waals surface area contributed by atoms with E-state index in [9.17, 15) is 9.18 Å². The fraction of sp³-hybridized carbons (Fsp3) is 0.375. The molecule has 3 rings (SSSR count).